The molecule has 2 aromatic carbocycles. The number of amides is 1. The second-order valence-electron chi connectivity index (χ2n) is 4.67. The van der Waals surface area contributed by atoms with Gasteiger partial charge >= 0.3 is 0 Å². The maximum Gasteiger partial charge on any atom is 0.261 e. The summed E-state index contributed by atoms with van der Waals surface area (Å²) in [6.45, 7) is 0. The predicted octanol–water partition coefficient (Wildman–Crippen LogP) is 2.83. The van der Waals surface area contributed by atoms with Crippen LogP contribution in [0.4, 0.5) is 5.69 Å². The number of halogens is 1. The van der Waals surface area contributed by atoms with Crippen molar-refractivity contribution in [2.75, 3.05) is 5.32 Å². The van der Waals surface area contributed by atoms with Gasteiger partial charge in [-0.3, -0.25) is 4.79 Å². The van der Waals surface area contributed by atoms with E-state index in [9.17, 15) is 9.90 Å². The van der Waals surface area contributed by atoms with E-state index in [1.54, 1.807) is 12.1 Å². The Balaban J connectivity index is 2.04. The smallest absolute Gasteiger partial charge is 0.261 e. The lowest BCUT2D eigenvalue weighted by Crippen LogP contribution is -2.36. The summed E-state index contributed by atoms with van der Waals surface area (Å²) < 4.78 is 0.842. The molecule has 2 aromatic rings. The molecule has 0 spiro atoms. The number of anilines is 1. The molecule has 2 N–H and O–H groups in total. The molecule has 19 heavy (non-hydrogen) atoms. The van der Waals surface area contributed by atoms with E-state index in [4.69, 9.17) is 0 Å². The molecule has 96 valence electrons. The van der Waals surface area contributed by atoms with E-state index in [0.29, 0.717) is 11.3 Å². The zero-order chi connectivity index (χ0) is 13.5. The van der Waals surface area contributed by atoms with Crippen molar-refractivity contribution in [1.29, 1.82) is 0 Å². The van der Waals surface area contributed by atoms with Gasteiger partial charge in [0, 0.05) is 22.1 Å². The molecule has 3 rings (SSSR count). The summed E-state index contributed by atoms with van der Waals surface area (Å²) in [4.78, 5) is 12.1. The van der Waals surface area contributed by atoms with Crippen LogP contribution in [0, 0.1) is 0 Å². The van der Waals surface area contributed by atoms with Gasteiger partial charge in [0.25, 0.3) is 5.91 Å². The number of carbonyl (C=O) groups excluding carboxylic acids is 1. The lowest BCUT2D eigenvalue weighted by atomic mass is 9.88. The topological polar surface area (TPSA) is 49.3 Å². The molecule has 0 saturated heterocycles. The Morgan fingerprint density at radius 2 is 1.89 bits per heavy atom. The average Bonchev–Trinajstić information content (AvgIpc) is 2.64. The molecule has 1 aliphatic heterocycles. The Labute approximate surface area is 119 Å². The molecule has 0 fully saturated rings. The van der Waals surface area contributed by atoms with Crippen LogP contribution < -0.4 is 5.32 Å². The van der Waals surface area contributed by atoms with Crippen molar-refractivity contribution >= 4 is 27.5 Å². The summed E-state index contributed by atoms with van der Waals surface area (Å²) in [6.07, 6.45) is 0.267. The number of carbonyl (C=O) groups is 1. The Kier molecular flexibility index (Phi) is 2.92. The maximum atomic E-state index is 12.1. The van der Waals surface area contributed by atoms with Crippen LogP contribution in [0.2, 0.25) is 0 Å². The highest BCUT2D eigenvalue weighted by atomic mass is 79.9. The van der Waals surface area contributed by atoms with Crippen LogP contribution in [0.1, 0.15) is 11.1 Å². The zero-order valence-corrected chi connectivity index (χ0v) is 11.6. The number of hydrogen-bond acceptors (Lipinski definition) is 2. The highest BCUT2D eigenvalue weighted by Crippen LogP contribution is 2.39. The Morgan fingerprint density at radius 1 is 1.16 bits per heavy atom. The van der Waals surface area contributed by atoms with Gasteiger partial charge in [0.05, 0.1) is 0 Å². The van der Waals surface area contributed by atoms with Crippen molar-refractivity contribution in [3.8, 4) is 0 Å². The monoisotopic (exact) mass is 317 g/mol. The lowest BCUT2D eigenvalue weighted by Gasteiger charge is -2.21. The molecule has 1 amide bonds. The third kappa shape index (κ3) is 2.07. The van der Waals surface area contributed by atoms with Crippen LogP contribution in [0.25, 0.3) is 0 Å². The molecule has 0 aromatic heterocycles. The lowest BCUT2D eigenvalue weighted by molar-refractivity contribution is -0.133. The molecule has 4 heteroatoms. The van der Waals surface area contributed by atoms with Crippen molar-refractivity contribution in [1.82, 2.24) is 0 Å². The largest absolute Gasteiger partial charge is 0.375 e. The second kappa shape index (κ2) is 4.47. The number of rotatable bonds is 2. The molecular formula is C15H12BrNO2. The number of fused-ring (bicyclic) bond motifs is 1. The first-order chi connectivity index (χ1) is 9.09. The van der Waals surface area contributed by atoms with E-state index < -0.39 is 5.60 Å². The molecule has 3 nitrogen and oxygen atoms in total. The van der Waals surface area contributed by atoms with Crippen molar-refractivity contribution < 1.29 is 9.90 Å². The number of nitrogens with one attached hydrogen (secondary N) is 1. The van der Waals surface area contributed by atoms with Crippen molar-refractivity contribution in [3.05, 3.63) is 64.1 Å². The minimum atomic E-state index is -1.50. The van der Waals surface area contributed by atoms with Gasteiger partial charge in [-0.25, -0.2) is 0 Å². The summed E-state index contributed by atoms with van der Waals surface area (Å²) >= 11 is 3.37. The van der Waals surface area contributed by atoms with Crippen LogP contribution in [0.15, 0.2) is 53.0 Å². The molecule has 1 aliphatic rings. The zero-order valence-electron chi connectivity index (χ0n) is 10.1. The second-order valence-corrected chi connectivity index (χ2v) is 5.58. The van der Waals surface area contributed by atoms with E-state index in [2.05, 4.69) is 21.2 Å². The average molecular weight is 318 g/mol. The molecule has 0 bridgehead atoms. The summed E-state index contributed by atoms with van der Waals surface area (Å²) in [5, 5.41) is 13.5. The Hall–Kier alpha value is -1.65. The third-order valence-corrected chi connectivity index (χ3v) is 3.85. The predicted molar refractivity (Wildman–Crippen MR) is 76.8 cm³/mol. The van der Waals surface area contributed by atoms with E-state index in [1.165, 1.54) is 0 Å². The Bertz CT molecular complexity index is 642. The van der Waals surface area contributed by atoms with E-state index in [1.807, 2.05) is 36.4 Å². The quantitative estimate of drug-likeness (QED) is 0.894. The highest BCUT2D eigenvalue weighted by Gasteiger charge is 2.45. The molecular weight excluding hydrogens is 306 g/mol. The standard InChI is InChI=1S/C15H12BrNO2/c16-11-6-7-13-12(8-11)15(19,14(18)17-13)9-10-4-2-1-3-5-10/h1-8,19H,9H2,(H,17,18)/t15-/m0/s1. The highest BCUT2D eigenvalue weighted by molar-refractivity contribution is 9.10. The summed E-state index contributed by atoms with van der Waals surface area (Å²) in [7, 11) is 0. The normalized spacial score (nSPS) is 21.1. The molecule has 0 saturated carbocycles. The van der Waals surface area contributed by atoms with Gasteiger partial charge in [-0.1, -0.05) is 46.3 Å². The van der Waals surface area contributed by atoms with Gasteiger partial charge in [-0.15, -0.1) is 0 Å². The fraction of sp³-hybridized carbons (Fsp3) is 0.133. The van der Waals surface area contributed by atoms with E-state index in [0.717, 1.165) is 10.0 Å². The van der Waals surface area contributed by atoms with E-state index >= 15 is 0 Å². The van der Waals surface area contributed by atoms with Gasteiger partial charge in [-0.05, 0) is 23.8 Å². The number of aliphatic hydroxyl groups is 1. The minimum absolute atomic E-state index is 0.267. The first-order valence-electron chi connectivity index (χ1n) is 5.97. The van der Waals surface area contributed by atoms with Crippen LogP contribution in [-0.2, 0) is 16.8 Å². The van der Waals surface area contributed by atoms with Gasteiger partial charge in [0.15, 0.2) is 5.60 Å². The fourth-order valence-corrected chi connectivity index (χ4v) is 2.74. The molecule has 0 unspecified atom stereocenters. The van der Waals surface area contributed by atoms with Crippen molar-refractivity contribution in [2.24, 2.45) is 0 Å². The molecule has 1 atom stereocenters. The first-order valence-corrected chi connectivity index (χ1v) is 6.77. The SMILES string of the molecule is O=C1Nc2ccc(Br)cc2[C@@]1(O)Cc1ccccc1. The van der Waals surface area contributed by atoms with Crippen molar-refractivity contribution in [2.45, 2.75) is 12.0 Å². The minimum Gasteiger partial charge on any atom is -0.375 e. The van der Waals surface area contributed by atoms with Crippen LogP contribution in [-0.4, -0.2) is 11.0 Å². The van der Waals surface area contributed by atoms with Crippen LogP contribution in [0.5, 0.6) is 0 Å². The van der Waals surface area contributed by atoms with Crippen molar-refractivity contribution in [3.63, 3.8) is 0 Å². The summed E-state index contributed by atoms with van der Waals surface area (Å²) in [5.41, 5.74) is 0.718. The maximum absolute atomic E-state index is 12.1. The Morgan fingerprint density at radius 3 is 2.63 bits per heavy atom. The summed E-state index contributed by atoms with van der Waals surface area (Å²) in [5.74, 6) is -0.371. The third-order valence-electron chi connectivity index (χ3n) is 3.35. The molecule has 0 radical (unpaired) electrons. The first kappa shape index (κ1) is 12.4. The molecule has 1 heterocycles. The van der Waals surface area contributed by atoms with Crippen LogP contribution >= 0.6 is 15.9 Å². The number of benzene rings is 2. The van der Waals surface area contributed by atoms with Gasteiger partial charge < -0.3 is 10.4 Å². The van der Waals surface area contributed by atoms with Gasteiger partial charge in [0.2, 0.25) is 0 Å². The van der Waals surface area contributed by atoms with Gasteiger partial charge in [-0.2, -0.15) is 0 Å². The molecule has 0 aliphatic carbocycles. The van der Waals surface area contributed by atoms with Gasteiger partial charge in [0.1, 0.15) is 0 Å². The number of hydrogen-bond donors (Lipinski definition) is 2. The summed E-state index contributed by atoms with van der Waals surface area (Å²) in [6, 6.07) is 14.9. The van der Waals surface area contributed by atoms with Crippen LogP contribution in [0.3, 0.4) is 0 Å². The van der Waals surface area contributed by atoms with E-state index in [-0.39, 0.29) is 12.3 Å². The fourth-order valence-electron chi connectivity index (χ4n) is 2.38.